The number of nitrogens with zero attached hydrogens (tertiary/aromatic N) is 6. The maximum absolute atomic E-state index is 4.70. The van der Waals surface area contributed by atoms with Crippen LogP contribution in [0.1, 0.15) is 61.0 Å². The third kappa shape index (κ3) is 3.37. The predicted molar refractivity (Wildman–Crippen MR) is 115 cm³/mol. The van der Waals surface area contributed by atoms with E-state index in [1.54, 1.807) is 0 Å². The van der Waals surface area contributed by atoms with Gasteiger partial charge in [-0.3, -0.25) is 0 Å². The van der Waals surface area contributed by atoms with Gasteiger partial charge in [0.25, 0.3) is 0 Å². The molecule has 0 saturated carbocycles. The number of hydrazone groups is 2. The second-order valence-electron chi connectivity index (χ2n) is 9.49. The molecule has 3 rings (SSSR count). The molecule has 2 atom stereocenters. The molecule has 0 unspecified atom stereocenters. The summed E-state index contributed by atoms with van der Waals surface area (Å²) in [4.78, 5) is 4.58. The van der Waals surface area contributed by atoms with Gasteiger partial charge in [-0.1, -0.05) is 6.07 Å². The Bertz CT molecular complexity index is 695. The van der Waals surface area contributed by atoms with Crippen molar-refractivity contribution in [3.63, 3.8) is 0 Å². The average Bonchev–Trinajstić information content (AvgIpc) is 3.10. The Morgan fingerprint density at radius 1 is 0.741 bits per heavy atom. The fourth-order valence-electron chi connectivity index (χ4n) is 3.95. The molecule has 0 radical (unpaired) electrons. The van der Waals surface area contributed by atoms with Gasteiger partial charge in [0.1, 0.15) is 25.0 Å². The standard InChI is InChI=1S/C21H34N6/c1-15-18(26-16(2)24(13-22-26)20(4,5)6)11-10-12-19(15)27-17(3)25(14-23-27)21(7,8)9/h10-14,16-17H,1-9H3/t16-,17+. The van der Waals surface area contributed by atoms with E-state index in [2.05, 4.69) is 100 Å². The maximum atomic E-state index is 4.70. The molecule has 0 amide bonds. The van der Waals surface area contributed by atoms with Crippen LogP contribution in [0.4, 0.5) is 11.4 Å². The van der Waals surface area contributed by atoms with E-state index < -0.39 is 0 Å². The Hall–Kier alpha value is -2.24. The number of benzene rings is 1. The van der Waals surface area contributed by atoms with Crippen LogP contribution >= 0.6 is 0 Å². The van der Waals surface area contributed by atoms with E-state index in [9.17, 15) is 0 Å². The van der Waals surface area contributed by atoms with Gasteiger partial charge in [-0.05, 0) is 80.0 Å². The first-order valence-corrected chi connectivity index (χ1v) is 9.76. The van der Waals surface area contributed by atoms with Crippen molar-refractivity contribution in [3.05, 3.63) is 23.8 Å². The summed E-state index contributed by atoms with van der Waals surface area (Å²) in [7, 11) is 0. The number of hydrogen-bond acceptors (Lipinski definition) is 6. The third-order valence-corrected chi connectivity index (χ3v) is 5.43. The van der Waals surface area contributed by atoms with Crippen molar-refractivity contribution < 1.29 is 0 Å². The molecule has 0 aromatic heterocycles. The predicted octanol–water partition coefficient (Wildman–Crippen LogP) is 4.41. The smallest absolute Gasteiger partial charge is 0.122 e. The SMILES string of the molecule is Cc1c(N2N=CN(C(C)(C)C)[C@@H]2C)cccc1N1N=CN(C(C)(C)C)[C@H]1C. The lowest BCUT2D eigenvalue weighted by atomic mass is 10.1. The summed E-state index contributed by atoms with van der Waals surface area (Å²) < 4.78 is 0. The van der Waals surface area contributed by atoms with Crippen molar-refractivity contribution >= 4 is 24.1 Å². The van der Waals surface area contributed by atoms with E-state index in [0.717, 1.165) is 11.4 Å². The number of rotatable bonds is 2. The summed E-state index contributed by atoms with van der Waals surface area (Å²) in [6.07, 6.45) is 4.25. The van der Waals surface area contributed by atoms with Crippen molar-refractivity contribution in [3.8, 4) is 0 Å². The fraction of sp³-hybridized carbons (Fsp3) is 0.619. The lowest BCUT2D eigenvalue weighted by molar-refractivity contribution is 0.204. The van der Waals surface area contributed by atoms with Crippen molar-refractivity contribution in [2.75, 3.05) is 10.0 Å². The molecule has 6 nitrogen and oxygen atoms in total. The van der Waals surface area contributed by atoms with Gasteiger partial charge in [0.15, 0.2) is 0 Å². The summed E-state index contributed by atoms with van der Waals surface area (Å²) in [5.41, 5.74) is 3.50. The zero-order valence-electron chi connectivity index (χ0n) is 18.2. The van der Waals surface area contributed by atoms with Crippen LogP contribution in [0.5, 0.6) is 0 Å². The van der Waals surface area contributed by atoms with E-state index in [1.807, 2.05) is 12.7 Å². The zero-order valence-corrected chi connectivity index (χ0v) is 18.2. The van der Waals surface area contributed by atoms with Gasteiger partial charge in [-0.2, -0.15) is 10.2 Å². The van der Waals surface area contributed by atoms with Crippen LogP contribution in [-0.4, -0.2) is 45.9 Å². The van der Waals surface area contributed by atoms with Crippen LogP contribution < -0.4 is 10.0 Å². The van der Waals surface area contributed by atoms with Crippen molar-refractivity contribution in [2.24, 2.45) is 10.2 Å². The molecular formula is C21H34N6. The van der Waals surface area contributed by atoms with Crippen molar-refractivity contribution in [1.82, 2.24) is 9.80 Å². The van der Waals surface area contributed by atoms with E-state index in [1.165, 1.54) is 5.56 Å². The van der Waals surface area contributed by atoms with E-state index in [4.69, 9.17) is 10.2 Å². The number of anilines is 2. The average molecular weight is 371 g/mol. The zero-order chi connectivity index (χ0) is 20.1. The van der Waals surface area contributed by atoms with Gasteiger partial charge in [0.05, 0.1) is 11.4 Å². The number of hydrogen-bond donors (Lipinski definition) is 0. The fourth-order valence-corrected chi connectivity index (χ4v) is 3.95. The van der Waals surface area contributed by atoms with Crippen LogP contribution in [0, 0.1) is 6.92 Å². The largest absolute Gasteiger partial charge is 0.334 e. The Morgan fingerprint density at radius 2 is 1.11 bits per heavy atom. The second kappa shape index (κ2) is 6.43. The van der Waals surface area contributed by atoms with E-state index in [0.29, 0.717) is 0 Å². The molecule has 0 fully saturated rings. The minimum Gasteiger partial charge on any atom is -0.334 e. The summed E-state index contributed by atoms with van der Waals surface area (Å²) >= 11 is 0. The first kappa shape index (κ1) is 19.5. The molecule has 0 bridgehead atoms. The second-order valence-corrected chi connectivity index (χ2v) is 9.49. The Labute approximate surface area is 164 Å². The molecule has 1 aromatic carbocycles. The minimum absolute atomic E-state index is 0.0319. The molecule has 0 saturated heterocycles. The highest BCUT2D eigenvalue weighted by Gasteiger charge is 2.35. The lowest BCUT2D eigenvalue weighted by Gasteiger charge is -2.38. The molecule has 2 aliphatic heterocycles. The minimum atomic E-state index is 0.0319. The third-order valence-electron chi connectivity index (χ3n) is 5.43. The van der Waals surface area contributed by atoms with Crippen LogP contribution in [0.25, 0.3) is 0 Å². The van der Waals surface area contributed by atoms with E-state index >= 15 is 0 Å². The molecule has 148 valence electrons. The summed E-state index contributed by atoms with van der Waals surface area (Å²) in [5, 5.41) is 13.6. The first-order chi connectivity index (χ1) is 12.4. The van der Waals surface area contributed by atoms with Crippen LogP contribution in [0.15, 0.2) is 28.4 Å². The highest BCUT2D eigenvalue weighted by atomic mass is 15.6. The van der Waals surface area contributed by atoms with Crippen molar-refractivity contribution in [1.29, 1.82) is 0 Å². The molecule has 0 aliphatic carbocycles. The summed E-state index contributed by atoms with van der Waals surface area (Å²) in [5.74, 6) is 0. The van der Waals surface area contributed by atoms with Gasteiger partial charge in [-0.15, -0.1) is 0 Å². The monoisotopic (exact) mass is 370 g/mol. The highest BCUT2D eigenvalue weighted by molar-refractivity contribution is 5.74. The lowest BCUT2D eigenvalue weighted by Crippen LogP contribution is -2.48. The molecular weight excluding hydrogens is 336 g/mol. The quantitative estimate of drug-likeness (QED) is 0.773. The normalized spacial score (nSPS) is 23.1. The van der Waals surface area contributed by atoms with Gasteiger partial charge in [0.2, 0.25) is 0 Å². The molecule has 1 aromatic rings. The van der Waals surface area contributed by atoms with Gasteiger partial charge < -0.3 is 9.80 Å². The molecule has 27 heavy (non-hydrogen) atoms. The first-order valence-electron chi connectivity index (χ1n) is 9.76. The molecule has 2 aliphatic rings. The summed E-state index contributed by atoms with van der Waals surface area (Å²) in [6, 6.07) is 6.39. The van der Waals surface area contributed by atoms with Gasteiger partial charge >= 0.3 is 0 Å². The maximum Gasteiger partial charge on any atom is 0.122 e. The molecule has 6 heteroatoms. The van der Waals surface area contributed by atoms with Crippen LogP contribution in [0.2, 0.25) is 0 Å². The molecule has 0 N–H and O–H groups in total. The van der Waals surface area contributed by atoms with Crippen molar-refractivity contribution in [2.45, 2.75) is 85.7 Å². The Balaban J connectivity index is 1.91. The Kier molecular flexibility index (Phi) is 4.65. The van der Waals surface area contributed by atoms with Gasteiger partial charge in [-0.25, -0.2) is 10.0 Å². The van der Waals surface area contributed by atoms with Crippen LogP contribution in [0.3, 0.4) is 0 Å². The Morgan fingerprint density at radius 3 is 1.41 bits per heavy atom. The molecule has 0 spiro atoms. The van der Waals surface area contributed by atoms with Gasteiger partial charge in [0, 0.05) is 11.1 Å². The summed E-state index contributed by atoms with van der Waals surface area (Å²) in [6.45, 7) is 19.8. The van der Waals surface area contributed by atoms with E-state index in [-0.39, 0.29) is 23.4 Å². The molecule has 2 heterocycles. The highest BCUT2D eigenvalue weighted by Crippen LogP contribution is 2.37. The van der Waals surface area contributed by atoms with Crippen LogP contribution in [-0.2, 0) is 0 Å². The topological polar surface area (TPSA) is 37.7 Å².